The molecule has 2 rings (SSSR count). The Kier molecular flexibility index (Phi) is 7.57. The van der Waals surface area contributed by atoms with Crippen molar-refractivity contribution in [3.05, 3.63) is 48.0 Å². The molecule has 0 aliphatic rings. The molecule has 0 aliphatic heterocycles. The van der Waals surface area contributed by atoms with E-state index in [4.69, 9.17) is 9.47 Å². The Balaban J connectivity index is 2.06. The summed E-state index contributed by atoms with van der Waals surface area (Å²) in [5.41, 5.74) is 2.80. The summed E-state index contributed by atoms with van der Waals surface area (Å²) < 4.78 is 35.4. The number of rotatable bonds is 9. The zero-order valence-electron chi connectivity index (χ0n) is 16.3. The van der Waals surface area contributed by atoms with Crippen molar-refractivity contribution < 1.29 is 27.5 Å². The highest BCUT2D eigenvalue weighted by Crippen LogP contribution is 2.28. The van der Waals surface area contributed by atoms with Gasteiger partial charge in [0.2, 0.25) is 5.91 Å². The van der Waals surface area contributed by atoms with E-state index >= 15 is 0 Å². The van der Waals surface area contributed by atoms with Gasteiger partial charge >= 0.3 is 0 Å². The highest BCUT2D eigenvalue weighted by Gasteiger charge is 2.17. The lowest BCUT2D eigenvalue weighted by atomic mass is 10.2. The second kappa shape index (κ2) is 9.89. The number of hydrogen-bond acceptors (Lipinski definition) is 6. The molecular formula is C19H23N3O6S. The highest BCUT2D eigenvalue weighted by atomic mass is 32.2. The van der Waals surface area contributed by atoms with Crippen molar-refractivity contribution in [3.63, 3.8) is 0 Å². The fourth-order valence-electron chi connectivity index (χ4n) is 2.31. The molecule has 156 valence electrons. The molecule has 29 heavy (non-hydrogen) atoms. The Morgan fingerprint density at radius 1 is 1.03 bits per heavy atom. The second-order valence-electron chi connectivity index (χ2n) is 5.98. The predicted molar refractivity (Wildman–Crippen MR) is 107 cm³/mol. The first-order valence-corrected chi connectivity index (χ1v) is 10.3. The van der Waals surface area contributed by atoms with Gasteiger partial charge in [-0.25, -0.2) is 8.42 Å². The summed E-state index contributed by atoms with van der Waals surface area (Å²) in [6, 6.07) is 10.0. The van der Waals surface area contributed by atoms with Crippen LogP contribution >= 0.6 is 0 Å². The van der Waals surface area contributed by atoms with Gasteiger partial charge in [-0.3, -0.25) is 15.0 Å². The molecule has 10 heteroatoms. The quantitative estimate of drug-likeness (QED) is 0.533. The average Bonchev–Trinajstić information content (AvgIpc) is 2.70. The van der Waals surface area contributed by atoms with E-state index in [1.54, 1.807) is 6.07 Å². The van der Waals surface area contributed by atoms with Crippen molar-refractivity contribution in [2.75, 3.05) is 19.0 Å². The summed E-state index contributed by atoms with van der Waals surface area (Å²) in [4.78, 5) is 25.3. The van der Waals surface area contributed by atoms with E-state index in [0.29, 0.717) is 23.8 Å². The standard InChI is InChI=1S/C19H23N3O6S/c1-4-11-28-17-10-5-14(12-18(17)27-3)19(24)21-22-29(25,26)16-8-6-15(7-9-16)20-13(2)23/h5-10,12,22H,4,11H2,1-3H3,(H,20,23)(H,21,24). The van der Waals surface area contributed by atoms with Crippen molar-refractivity contribution in [1.82, 2.24) is 10.3 Å². The summed E-state index contributed by atoms with van der Waals surface area (Å²) in [6.45, 7) is 3.81. The molecule has 0 radical (unpaired) electrons. The third-order valence-electron chi connectivity index (χ3n) is 3.67. The van der Waals surface area contributed by atoms with Crippen LogP contribution in [0.5, 0.6) is 11.5 Å². The molecule has 0 saturated heterocycles. The van der Waals surface area contributed by atoms with Gasteiger partial charge in [-0.2, -0.15) is 0 Å². The van der Waals surface area contributed by atoms with E-state index in [-0.39, 0.29) is 16.4 Å². The van der Waals surface area contributed by atoms with Crippen LogP contribution in [0, 0.1) is 0 Å². The number of ether oxygens (including phenoxy) is 2. The minimum Gasteiger partial charge on any atom is -0.493 e. The predicted octanol–water partition coefficient (Wildman–Crippen LogP) is 2.07. The third-order valence-corrected chi connectivity index (χ3v) is 4.93. The van der Waals surface area contributed by atoms with Gasteiger partial charge < -0.3 is 14.8 Å². The van der Waals surface area contributed by atoms with E-state index in [1.807, 2.05) is 11.8 Å². The van der Waals surface area contributed by atoms with Gasteiger partial charge in [-0.15, -0.1) is 4.83 Å². The number of benzene rings is 2. The van der Waals surface area contributed by atoms with Gasteiger partial charge in [0.15, 0.2) is 11.5 Å². The zero-order valence-corrected chi connectivity index (χ0v) is 17.1. The summed E-state index contributed by atoms with van der Waals surface area (Å²) >= 11 is 0. The van der Waals surface area contributed by atoms with Gasteiger partial charge in [0.25, 0.3) is 15.9 Å². The number of amides is 2. The van der Waals surface area contributed by atoms with Crippen LogP contribution < -0.4 is 25.0 Å². The molecular weight excluding hydrogens is 398 g/mol. The minimum absolute atomic E-state index is 0.0761. The fourth-order valence-corrected chi connectivity index (χ4v) is 3.14. The number of hydrogen-bond donors (Lipinski definition) is 3. The average molecular weight is 421 g/mol. The maximum Gasteiger partial charge on any atom is 0.266 e. The molecule has 2 aromatic rings. The van der Waals surface area contributed by atoms with Gasteiger partial charge in [-0.1, -0.05) is 6.92 Å². The molecule has 0 unspecified atom stereocenters. The van der Waals surface area contributed by atoms with Gasteiger partial charge in [0.05, 0.1) is 18.6 Å². The molecule has 0 saturated carbocycles. The molecule has 0 spiro atoms. The number of hydrazine groups is 1. The van der Waals surface area contributed by atoms with Crippen LogP contribution in [0.2, 0.25) is 0 Å². The first-order valence-electron chi connectivity index (χ1n) is 8.77. The lowest BCUT2D eigenvalue weighted by molar-refractivity contribution is -0.114. The molecule has 9 nitrogen and oxygen atoms in total. The van der Waals surface area contributed by atoms with Gasteiger partial charge in [-0.05, 0) is 48.9 Å². The number of nitrogens with one attached hydrogen (secondary N) is 3. The maximum absolute atomic E-state index is 12.3. The van der Waals surface area contributed by atoms with E-state index in [1.165, 1.54) is 50.4 Å². The molecule has 0 heterocycles. The summed E-state index contributed by atoms with van der Waals surface area (Å²) in [5.74, 6) is -0.0791. The van der Waals surface area contributed by atoms with Crippen molar-refractivity contribution in [1.29, 1.82) is 0 Å². The van der Waals surface area contributed by atoms with Crippen molar-refractivity contribution in [3.8, 4) is 11.5 Å². The van der Waals surface area contributed by atoms with Crippen LogP contribution in [0.25, 0.3) is 0 Å². The van der Waals surface area contributed by atoms with E-state index < -0.39 is 15.9 Å². The summed E-state index contributed by atoms with van der Waals surface area (Å²) in [6.07, 6.45) is 0.818. The van der Waals surface area contributed by atoms with Crippen LogP contribution in [0.4, 0.5) is 5.69 Å². The van der Waals surface area contributed by atoms with E-state index in [2.05, 4.69) is 10.7 Å². The second-order valence-corrected chi connectivity index (χ2v) is 7.66. The third kappa shape index (κ3) is 6.19. The lowest BCUT2D eigenvalue weighted by Gasteiger charge is -2.12. The molecule has 2 aromatic carbocycles. The molecule has 0 aliphatic carbocycles. The number of methoxy groups -OCH3 is 1. The first kappa shape index (κ1) is 22.2. The number of carbonyl (C=O) groups excluding carboxylic acids is 2. The van der Waals surface area contributed by atoms with Crippen LogP contribution in [-0.2, 0) is 14.8 Å². The summed E-state index contributed by atoms with van der Waals surface area (Å²) in [5, 5.41) is 2.54. The molecule has 0 fully saturated rings. The molecule has 3 N–H and O–H groups in total. The minimum atomic E-state index is -4.00. The monoisotopic (exact) mass is 421 g/mol. The zero-order chi connectivity index (χ0) is 21.4. The molecule has 2 amide bonds. The number of sulfonamides is 1. The topological polar surface area (TPSA) is 123 Å². The number of carbonyl (C=O) groups is 2. The van der Waals surface area contributed by atoms with Gasteiger partial charge in [0.1, 0.15) is 0 Å². The van der Waals surface area contributed by atoms with Crippen molar-refractivity contribution in [2.24, 2.45) is 0 Å². The highest BCUT2D eigenvalue weighted by molar-refractivity contribution is 7.89. The Morgan fingerprint density at radius 3 is 2.31 bits per heavy atom. The van der Waals surface area contributed by atoms with Crippen molar-refractivity contribution in [2.45, 2.75) is 25.2 Å². The lowest BCUT2D eigenvalue weighted by Crippen LogP contribution is -2.41. The van der Waals surface area contributed by atoms with Gasteiger partial charge in [0, 0.05) is 18.2 Å². The normalized spacial score (nSPS) is 10.9. The van der Waals surface area contributed by atoms with E-state index in [9.17, 15) is 18.0 Å². The SMILES string of the molecule is CCCOc1ccc(C(=O)NNS(=O)(=O)c2ccc(NC(C)=O)cc2)cc1OC. The number of anilines is 1. The first-order chi connectivity index (χ1) is 13.8. The largest absolute Gasteiger partial charge is 0.493 e. The Morgan fingerprint density at radius 2 is 1.72 bits per heavy atom. The van der Waals surface area contributed by atoms with Crippen molar-refractivity contribution >= 4 is 27.5 Å². The van der Waals surface area contributed by atoms with Crippen LogP contribution in [0.15, 0.2) is 47.4 Å². The Labute approximate surface area is 169 Å². The molecule has 0 atom stereocenters. The van der Waals surface area contributed by atoms with E-state index in [0.717, 1.165) is 6.42 Å². The Hall–Kier alpha value is -3.11. The Bertz CT molecular complexity index is 974. The summed E-state index contributed by atoms with van der Waals surface area (Å²) in [7, 11) is -2.55. The maximum atomic E-state index is 12.3. The van der Waals surface area contributed by atoms with Crippen LogP contribution in [0.1, 0.15) is 30.6 Å². The smallest absolute Gasteiger partial charge is 0.266 e. The van der Waals surface area contributed by atoms with Crippen LogP contribution in [0.3, 0.4) is 0 Å². The fraction of sp³-hybridized carbons (Fsp3) is 0.263. The molecule has 0 bridgehead atoms. The van der Waals surface area contributed by atoms with Crippen LogP contribution in [-0.4, -0.2) is 33.9 Å². The molecule has 0 aromatic heterocycles.